The van der Waals surface area contributed by atoms with Gasteiger partial charge in [-0.15, -0.1) is 0 Å². The average Bonchev–Trinajstić information content (AvgIpc) is 2.31. The zero-order valence-electron chi connectivity index (χ0n) is 10.0. The Morgan fingerprint density at radius 1 is 1.33 bits per heavy atom. The van der Waals surface area contributed by atoms with Gasteiger partial charge in [-0.2, -0.15) is 0 Å². The van der Waals surface area contributed by atoms with E-state index in [1.807, 2.05) is 0 Å². The van der Waals surface area contributed by atoms with Crippen LogP contribution in [-0.4, -0.2) is 15.5 Å². The highest BCUT2D eigenvalue weighted by Crippen LogP contribution is 2.34. The molecule has 0 fully saturated rings. The SMILES string of the molecule is COc1cc(CS(=O)(=O)Cl)c(F)c2c1CCCC2. The fourth-order valence-corrected chi connectivity index (χ4v) is 3.33. The molecule has 0 saturated heterocycles. The average molecular weight is 293 g/mol. The van der Waals surface area contributed by atoms with Crippen LogP contribution >= 0.6 is 10.7 Å². The Morgan fingerprint density at radius 3 is 2.50 bits per heavy atom. The van der Waals surface area contributed by atoms with Crippen molar-refractivity contribution >= 4 is 19.7 Å². The van der Waals surface area contributed by atoms with Crippen LogP contribution in [0.4, 0.5) is 4.39 Å². The van der Waals surface area contributed by atoms with E-state index in [1.165, 1.54) is 13.2 Å². The number of ether oxygens (including phenoxy) is 1. The molecule has 100 valence electrons. The van der Waals surface area contributed by atoms with Crippen molar-refractivity contribution < 1.29 is 17.5 Å². The highest BCUT2D eigenvalue weighted by Gasteiger charge is 2.23. The van der Waals surface area contributed by atoms with Gasteiger partial charge in [0.2, 0.25) is 9.05 Å². The smallest absolute Gasteiger partial charge is 0.236 e. The minimum Gasteiger partial charge on any atom is -0.496 e. The third kappa shape index (κ3) is 2.78. The number of hydrogen-bond acceptors (Lipinski definition) is 3. The van der Waals surface area contributed by atoms with Crippen LogP contribution in [0.3, 0.4) is 0 Å². The van der Waals surface area contributed by atoms with Crippen molar-refractivity contribution in [2.45, 2.75) is 31.4 Å². The van der Waals surface area contributed by atoms with Gasteiger partial charge in [-0.05, 0) is 37.3 Å². The Bertz CT molecular complexity index is 569. The fraction of sp³-hybridized carbons (Fsp3) is 0.500. The topological polar surface area (TPSA) is 43.4 Å². The van der Waals surface area contributed by atoms with Gasteiger partial charge in [0, 0.05) is 21.8 Å². The summed E-state index contributed by atoms with van der Waals surface area (Å²) >= 11 is 0. The van der Waals surface area contributed by atoms with Crippen LogP contribution in [0, 0.1) is 5.82 Å². The Balaban J connectivity index is 2.55. The highest BCUT2D eigenvalue weighted by molar-refractivity contribution is 8.13. The molecule has 0 spiro atoms. The minimum atomic E-state index is -3.77. The first kappa shape index (κ1) is 13.6. The molecule has 1 aromatic rings. The minimum absolute atomic E-state index is 0.0856. The van der Waals surface area contributed by atoms with Gasteiger partial charge in [-0.3, -0.25) is 0 Å². The number of halogens is 2. The van der Waals surface area contributed by atoms with Crippen molar-refractivity contribution in [1.29, 1.82) is 0 Å². The van der Waals surface area contributed by atoms with Crippen LogP contribution in [0.15, 0.2) is 6.07 Å². The van der Waals surface area contributed by atoms with Gasteiger partial charge in [-0.25, -0.2) is 12.8 Å². The van der Waals surface area contributed by atoms with E-state index < -0.39 is 20.6 Å². The van der Waals surface area contributed by atoms with Crippen LogP contribution in [0.1, 0.15) is 29.5 Å². The van der Waals surface area contributed by atoms with Gasteiger partial charge in [-0.1, -0.05) is 0 Å². The molecule has 0 N–H and O–H groups in total. The summed E-state index contributed by atoms with van der Waals surface area (Å²) in [5.74, 6) is -0.402. The maximum Gasteiger partial charge on any atom is 0.236 e. The molecule has 6 heteroatoms. The van der Waals surface area contributed by atoms with E-state index in [1.54, 1.807) is 0 Å². The molecule has 0 heterocycles. The molecule has 1 aliphatic carbocycles. The van der Waals surface area contributed by atoms with E-state index in [4.69, 9.17) is 15.4 Å². The molecule has 0 amide bonds. The summed E-state index contributed by atoms with van der Waals surface area (Å²) in [5, 5.41) is 0. The van der Waals surface area contributed by atoms with E-state index in [0.29, 0.717) is 17.7 Å². The zero-order chi connectivity index (χ0) is 13.3. The molecule has 0 saturated carbocycles. The molecule has 0 aromatic heterocycles. The lowest BCUT2D eigenvalue weighted by Gasteiger charge is -2.21. The Hall–Kier alpha value is -0.810. The predicted molar refractivity (Wildman–Crippen MR) is 68.1 cm³/mol. The molecule has 0 aliphatic heterocycles. The van der Waals surface area contributed by atoms with E-state index in [2.05, 4.69) is 0 Å². The van der Waals surface area contributed by atoms with Crippen molar-refractivity contribution in [3.63, 3.8) is 0 Å². The van der Waals surface area contributed by atoms with Crippen LogP contribution in [0.2, 0.25) is 0 Å². The third-order valence-electron chi connectivity index (χ3n) is 3.17. The summed E-state index contributed by atoms with van der Waals surface area (Å²) in [7, 11) is 2.91. The van der Waals surface area contributed by atoms with Crippen molar-refractivity contribution in [3.8, 4) is 5.75 Å². The lowest BCUT2D eigenvalue weighted by atomic mass is 9.89. The van der Waals surface area contributed by atoms with Crippen LogP contribution in [-0.2, 0) is 27.6 Å². The first-order valence-electron chi connectivity index (χ1n) is 5.72. The molecular weight excluding hydrogens is 279 g/mol. The van der Waals surface area contributed by atoms with Gasteiger partial charge in [0.25, 0.3) is 0 Å². The monoisotopic (exact) mass is 292 g/mol. The Kier molecular flexibility index (Phi) is 3.82. The second kappa shape index (κ2) is 5.05. The van der Waals surface area contributed by atoms with E-state index in [9.17, 15) is 12.8 Å². The van der Waals surface area contributed by atoms with Crippen molar-refractivity contribution in [3.05, 3.63) is 28.6 Å². The molecule has 0 unspecified atom stereocenters. The summed E-state index contributed by atoms with van der Waals surface area (Å²) in [6, 6.07) is 1.44. The predicted octanol–water partition coefficient (Wildman–Crippen LogP) is 2.78. The molecule has 0 radical (unpaired) electrons. The molecule has 1 aliphatic rings. The summed E-state index contributed by atoms with van der Waals surface area (Å²) in [6.07, 6.45) is 3.29. The van der Waals surface area contributed by atoms with E-state index >= 15 is 0 Å². The molecule has 2 rings (SSSR count). The van der Waals surface area contributed by atoms with E-state index in [0.717, 1.165) is 24.8 Å². The number of rotatable bonds is 3. The van der Waals surface area contributed by atoms with Gasteiger partial charge >= 0.3 is 0 Å². The Morgan fingerprint density at radius 2 is 1.94 bits per heavy atom. The largest absolute Gasteiger partial charge is 0.496 e. The van der Waals surface area contributed by atoms with Crippen LogP contribution < -0.4 is 4.74 Å². The summed E-state index contributed by atoms with van der Waals surface area (Å²) in [6.45, 7) is 0. The first-order valence-corrected chi connectivity index (χ1v) is 8.19. The summed E-state index contributed by atoms with van der Waals surface area (Å²) in [5.41, 5.74) is 1.52. The number of hydrogen-bond donors (Lipinski definition) is 0. The van der Waals surface area contributed by atoms with Gasteiger partial charge in [0.1, 0.15) is 11.6 Å². The van der Waals surface area contributed by atoms with Crippen molar-refractivity contribution in [2.24, 2.45) is 0 Å². The summed E-state index contributed by atoms with van der Waals surface area (Å²) in [4.78, 5) is 0. The number of methoxy groups -OCH3 is 1. The van der Waals surface area contributed by atoms with Crippen LogP contribution in [0.25, 0.3) is 0 Å². The number of benzene rings is 1. The van der Waals surface area contributed by atoms with Crippen molar-refractivity contribution in [2.75, 3.05) is 7.11 Å². The van der Waals surface area contributed by atoms with Crippen LogP contribution in [0.5, 0.6) is 5.75 Å². The maximum absolute atomic E-state index is 14.2. The first-order chi connectivity index (χ1) is 8.42. The second-order valence-corrected chi connectivity index (χ2v) is 7.18. The molecule has 1 aromatic carbocycles. The Labute approximate surface area is 110 Å². The summed E-state index contributed by atoms with van der Waals surface area (Å²) < 4.78 is 41.6. The highest BCUT2D eigenvalue weighted by atomic mass is 35.7. The lowest BCUT2D eigenvalue weighted by Crippen LogP contribution is -2.11. The number of fused-ring (bicyclic) bond motifs is 1. The lowest BCUT2D eigenvalue weighted by molar-refractivity contribution is 0.402. The standard InChI is InChI=1S/C12H14ClFO3S/c1-17-11-6-8(7-18(13,15)16)12(14)10-5-3-2-4-9(10)11/h6H,2-5,7H2,1H3. The second-order valence-electron chi connectivity index (χ2n) is 4.40. The maximum atomic E-state index is 14.2. The molecular formula is C12H14ClFO3S. The quantitative estimate of drug-likeness (QED) is 0.805. The normalized spacial score (nSPS) is 15.3. The van der Waals surface area contributed by atoms with Gasteiger partial charge in [0.05, 0.1) is 12.9 Å². The molecule has 18 heavy (non-hydrogen) atoms. The fourth-order valence-electron chi connectivity index (χ4n) is 2.39. The van der Waals surface area contributed by atoms with Crippen molar-refractivity contribution in [1.82, 2.24) is 0 Å². The molecule has 3 nitrogen and oxygen atoms in total. The zero-order valence-corrected chi connectivity index (χ0v) is 11.6. The molecule has 0 bridgehead atoms. The molecule has 0 atom stereocenters. The van der Waals surface area contributed by atoms with E-state index in [-0.39, 0.29) is 5.56 Å². The van der Waals surface area contributed by atoms with Gasteiger partial charge in [0.15, 0.2) is 0 Å². The van der Waals surface area contributed by atoms with Gasteiger partial charge < -0.3 is 4.74 Å². The third-order valence-corrected chi connectivity index (χ3v) is 4.15.